The standard InChI is InChI=1S/C20H25F3N2O4/c21-20(22,23)29-16-8-4-7-14(11-16)17(13-5-2-1-3-6-13)18(26)25-10-9-15(12-25)24-19(27)28/h4,7-8,11,13,15,17,24H,1-3,5-6,9-10,12H2,(H,27,28)/t15-,17?/m0/s1. The summed E-state index contributed by atoms with van der Waals surface area (Å²) in [7, 11) is 0. The van der Waals surface area contributed by atoms with Crippen LogP contribution >= 0.6 is 0 Å². The fraction of sp³-hybridized carbons (Fsp3) is 0.600. The minimum absolute atomic E-state index is 0.0452. The topological polar surface area (TPSA) is 78.9 Å². The first kappa shape index (κ1) is 21.3. The highest BCUT2D eigenvalue weighted by Gasteiger charge is 2.38. The van der Waals surface area contributed by atoms with Crippen molar-refractivity contribution in [3.8, 4) is 5.75 Å². The number of carbonyl (C=O) groups excluding carboxylic acids is 1. The van der Waals surface area contributed by atoms with Gasteiger partial charge in [0.25, 0.3) is 0 Å². The average molecular weight is 414 g/mol. The molecule has 0 bridgehead atoms. The monoisotopic (exact) mass is 414 g/mol. The van der Waals surface area contributed by atoms with Crippen LogP contribution in [0.5, 0.6) is 5.75 Å². The number of hydrogen-bond donors (Lipinski definition) is 2. The van der Waals surface area contributed by atoms with Gasteiger partial charge in [-0.3, -0.25) is 4.79 Å². The van der Waals surface area contributed by atoms with Gasteiger partial charge in [-0.05, 0) is 42.9 Å². The van der Waals surface area contributed by atoms with Crippen LogP contribution in [0.15, 0.2) is 24.3 Å². The van der Waals surface area contributed by atoms with Crippen molar-refractivity contribution >= 4 is 12.0 Å². The van der Waals surface area contributed by atoms with Crippen LogP contribution in [0, 0.1) is 5.92 Å². The van der Waals surface area contributed by atoms with E-state index in [1.54, 1.807) is 11.0 Å². The predicted octanol–water partition coefficient (Wildman–Crippen LogP) is 4.12. The summed E-state index contributed by atoms with van der Waals surface area (Å²) in [5, 5.41) is 11.3. The van der Waals surface area contributed by atoms with Crippen LogP contribution in [0.4, 0.5) is 18.0 Å². The van der Waals surface area contributed by atoms with Gasteiger partial charge in [0.2, 0.25) is 5.91 Å². The molecule has 29 heavy (non-hydrogen) atoms. The Bertz CT molecular complexity index is 735. The van der Waals surface area contributed by atoms with Crippen LogP contribution in [-0.4, -0.2) is 47.5 Å². The van der Waals surface area contributed by atoms with Crippen LogP contribution in [0.3, 0.4) is 0 Å². The number of halogens is 3. The molecular formula is C20H25F3N2O4. The summed E-state index contributed by atoms with van der Waals surface area (Å²) in [6.07, 6.45) is -0.683. The molecule has 2 fully saturated rings. The van der Waals surface area contributed by atoms with Gasteiger partial charge in [0.1, 0.15) is 5.75 Å². The van der Waals surface area contributed by atoms with E-state index < -0.39 is 18.4 Å². The Balaban J connectivity index is 1.83. The molecule has 2 atom stereocenters. The molecule has 1 unspecified atom stereocenters. The van der Waals surface area contributed by atoms with Gasteiger partial charge >= 0.3 is 12.5 Å². The van der Waals surface area contributed by atoms with Crippen LogP contribution in [0.1, 0.15) is 50.0 Å². The molecular weight excluding hydrogens is 389 g/mol. The molecule has 1 saturated heterocycles. The zero-order valence-corrected chi connectivity index (χ0v) is 16.0. The zero-order chi connectivity index (χ0) is 21.0. The minimum atomic E-state index is -4.80. The van der Waals surface area contributed by atoms with Crippen molar-refractivity contribution in [2.45, 2.75) is 56.8 Å². The zero-order valence-electron chi connectivity index (χ0n) is 16.0. The summed E-state index contributed by atoms with van der Waals surface area (Å²) in [5.74, 6) is -1.01. The summed E-state index contributed by atoms with van der Waals surface area (Å²) in [6.45, 7) is 0.693. The van der Waals surface area contributed by atoms with Gasteiger partial charge in [-0.2, -0.15) is 0 Å². The number of carbonyl (C=O) groups is 2. The Labute approximate surface area is 167 Å². The molecule has 0 radical (unpaired) electrons. The molecule has 0 aromatic heterocycles. The number of ether oxygens (including phenoxy) is 1. The van der Waals surface area contributed by atoms with Crippen molar-refractivity contribution in [1.29, 1.82) is 0 Å². The van der Waals surface area contributed by atoms with E-state index in [0.29, 0.717) is 18.5 Å². The molecule has 2 N–H and O–H groups in total. The Hall–Kier alpha value is -2.45. The number of nitrogens with zero attached hydrogens (tertiary/aromatic N) is 1. The lowest BCUT2D eigenvalue weighted by molar-refractivity contribution is -0.274. The maximum atomic E-state index is 13.4. The summed E-state index contributed by atoms with van der Waals surface area (Å²) < 4.78 is 41.9. The lowest BCUT2D eigenvalue weighted by Crippen LogP contribution is -2.40. The third-order valence-electron chi connectivity index (χ3n) is 5.67. The van der Waals surface area contributed by atoms with E-state index in [1.165, 1.54) is 18.2 Å². The fourth-order valence-corrected chi connectivity index (χ4v) is 4.44. The molecule has 3 rings (SSSR count). The van der Waals surface area contributed by atoms with Gasteiger partial charge in [-0.1, -0.05) is 31.4 Å². The second-order valence-corrected chi connectivity index (χ2v) is 7.72. The quantitative estimate of drug-likeness (QED) is 0.760. The first-order valence-electron chi connectivity index (χ1n) is 9.87. The number of alkyl halides is 3. The molecule has 1 aliphatic heterocycles. The number of amides is 2. The third kappa shape index (κ3) is 5.77. The average Bonchev–Trinajstić information content (AvgIpc) is 3.09. The molecule has 1 aromatic rings. The number of carboxylic acid groups (broad SMARTS) is 1. The molecule has 9 heteroatoms. The molecule has 1 aliphatic carbocycles. The smallest absolute Gasteiger partial charge is 0.465 e. The number of hydrogen-bond acceptors (Lipinski definition) is 3. The largest absolute Gasteiger partial charge is 0.573 e. The summed E-state index contributed by atoms with van der Waals surface area (Å²) in [5.41, 5.74) is 0.512. The van der Waals surface area contributed by atoms with Crippen molar-refractivity contribution in [2.75, 3.05) is 13.1 Å². The van der Waals surface area contributed by atoms with Crippen LogP contribution in [0.25, 0.3) is 0 Å². The van der Waals surface area contributed by atoms with Crippen molar-refractivity contribution in [2.24, 2.45) is 5.92 Å². The first-order valence-corrected chi connectivity index (χ1v) is 9.87. The number of benzene rings is 1. The Morgan fingerprint density at radius 2 is 1.90 bits per heavy atom. The van der Waals surface area contributed by atoms with E-state index in [9.17, 15) is 22.8 Å². The van der Waals surface area contributed by atoms with E-state index in [0.717, 1.165) is 32.1 Å². The molecule has 1 heterocycles. The van der Waals surface area contributed by atoms with E-state index in [2.05, 4.69) is 10.1 Å². The summed E-state index contributed by atoms with van der Waals surface area (Å²) in [6, 6.07) is 5.33. The Morgan fingerprint density at radius 1 is 1.17 bits per heavy atom. The highest BCUT2D eigenvalue weighted by molar-refractivity contribution is 5.84. The van der Waals surface area contributed by atoms with Crippen molar-refractivity contribution < 1.29 is 32.6 Å². The van der Waals surface area contributed by atoms with E-state index in [4.69, 9.17) is 5.11 Å². The van der Waals surface area contributed by atoms with Crippen molar-refractivity contribution in [3.63, 3.8) is 0 Å². The molecule has 6 nitrogen and oxygen atoms in total. The van der Waals surface area contributed by atoms with E-state index in [1.807, 2.05) is 0 Å². The summed E-state index contributed by atoms with van der Waals surface area (Å²) in [4.78, 5) is 25.8. The van der Waals surface area contributed by atoms with Crippen molar-refractivity contribution in [3.05, 3.63) is 29.8 Å². The van der Waals surface area contributed by atoms with Gasteiger partial charge < -0.3 is 20.1 Å². The lowest BCUT2D eigenvalue weighted by Gasteiger charge is -2.33. The number of rotatable bonds is 5. The molecule has 1 saturated carbocycles. The highest BCUT2D eigenvalue weighted by atomic mass is 19.4. The Morgan fingerprint density at radius 3 is 2.55 bits per heavy atom. The van der Waals surface area contributed by atoms with Gasteiger partial charge in [0.05, 0.1) is 12.0 Å². The van der Waals surface area contributed by atoms with E-state index >= 15 is 0 Å². The minimum Gasteiger partial charge on any atom is -0.465 e. The fourth-order valence-electron chi connectivity index (χ4n) is 4.44. The van der Waals surface area contributed by atoms with Crippen LogP contribution in [-0.2, 0) is 4.79 Å². The van der Waals surface area contributed by atoms with Gasteiger partial charge in [0.15, 0.2) is 0 Å². The van der Waals surface area contributed by atoms with Gasteiger partial charge in [-0.15, -0.1) is 13.2 Å². The van der Waals surface area contributed by atoms with E-state index in [-0.39, 0.29) is 30.2 Å². The lowest BCUT2D eigenvalue weighted by atomic mass is 9.76. The molecule has 160 valence electrons. The second-order valence-electron chi connectivity index (χ2n) is 7.72. The number of likely N-dealkylation sites (tertiary alicyclic amines) is 1. The van der Waals surface area contributed by atoms with Crippen LogP contribution < -0.4 is 10.1 Å². The first-order chi connectivity index (χ1) is 13.7. The van der Waals surface area contributed by atoms with Gasteiger partial charge in [0, 0.05) is 13.1 Å². The second kappa shape index (κ2) is 8.92. The number of nitrogens with one attached hydrogen (secondary N) is 1. The van der Waals surface area contributed by atoms with Gasteiger partial charge in [-0.25, -0.2) is 4.79 Å². The van der Waals surface area contributed by atoms with Crippen LogP contribution in [0.2, 0.25) is 0 Å². The maximum Gasteiger partial charge on any atom is 0.573 e. The molecule has 0 spiro atoms. The Kier molecular flexibility index (Phi) is 6.54. The highest BCUT2D eigenvalue weighted by Crippen LogP contribution is 2.39. The normalized spacial score (nSPS) is 21.6. The third-order valence-corrected chi connectivity index (χ3v) is 5.67. The predicted molar refractivity (Wildman–Crippen MR) is 98.6 cm³/mol. The summed E-state index contributed by atoms with van der Waals surface area (Å²) >= 11 is 0. The van der Waals surface area contributed by atoms with Crippen molar-refractivity contribution in [1.82, 2.24) is 10.2 Å². The molecule has 2 amide bonds. The SMILES string of the molecule is O=C(O)N[C@H]1CCN(C(=O)C(c2cccc(OC(F)(F)F)c2)C2CCCCC2)C1. The molecule has 1 aromatic carbocycles. The maximum absolute atomic E-state index is 13.4. The molecule has 2 aliphatic rings.